The second kappa shape index (κ2) is 8.63. The molecule has 28 heavy (non-hydrogen) atoms. The van der Waals surface area contributed by atoms with Crippen molar-refractivity contribution in [2.24, 2.45) is 0 Å². The maximum Gasteiger partial charge on any atom is 0.260 e. The minimum atomic E-state index is -3.56. The van der Waals surface area contributed by atoms with Crippen LogP contribution in [-0.2, 0) is 14.8 Å². The van der Waals surface area contributed by atoms with Gasteiger partial charge in [-0.25, -0.2) is 8.42 Å². The summed E-state index contributed by atoms with van der Waals surface area (Å²) in [6, 6.07) is 12.4. The molecule has 0 aliphatic carbocycles. The van der Waals surface area contributed by atoms with Crippen molar-refractivity contribution in [3.8, 4) is 5.75 Å². The smallest absolute Gasteiger partial charge is 0.260 e. The molecular weight excluding hydrogens is 444 g/mol. The number of sulfonamides is 1. The van der Waals surface area contributed by atoms with E-state index in [1.807, 2.05) is 32.0 Å². The summed E-state index contributed by atoms with van der Waals surface area (Å²) < 4.78 is 33.3. The zero-order valence-electron chi connectivity index (χ0n) is 15.9. The van der Waals surface area contributed by atoms with Crippen LogP contribution in [0.5, 0.6) is 5.75 Å². The summed E-state index contributed by atoms with van der Waals surface area (Å²) in [5.41, 5.74) is 2.28. The van der Waals surface area contributed by atoms with Gasteiger partial charge in [0.1, 0.15) is 5.75 Å². The number of piperazine rings is 1. The molecule has 0 unspecified atom stereocenters. The molecule has 8 heteroatoms. The molecule has 0 bridgehead atoms. The monoisotopic (exact) mass is 466 g/mol. The number of benzene rings is 2. The molecule has 1 fully saturated rings. The van der Waals surface area contributed by atoms with Crippen molar-refractivity contribution in [3.05, 3.63) is 58.1 Å². The Bertz CT molecular complexity index is 970. The third-order valence-corrected chi connectivity index (χ3v) is 7.25. The number of carbonyl (C=O) groups is 1. The fourth-order valence-corrected chi connectivity index (χ4v) is 5.01. The molecule has 1 heterocycles. The van der Waals surface area contributed by atoms with Crippen LogP contribution in [-0.4, -0.2) is 56.3 Å². The van der Waals surface area contributed by atoms with E-state index in [1.54, 1.807) is 29.2 Å². The number of amides is 1. The summed E-state index contributed by atoms with van der Waals surface area (Å²) in [6.07, 6.45) is 0. The molecule has 1 amide bonds. The molecule has 1 aliphatic heterocycles. The number of nitrogens with zero attached hydrogens (tertiary/aromatic N) is 2. The molecule has 0 atom stereocenters. The van der Waals surface area contributed by atoms with E-state index in [0.29, 0.717) is 23.3 Å². The van der Waals surface area contributed by atoms with Crippen LogP contribution < -0.4 is 4.74 Å². The first kappa shape index (κ1) is 20.8. The van der Waals surface area contributed by atoms with Crippen molar-refractivity contribution in [2.45, 2.75) is 18.7 Å². The minimum Gasteiger partial charge on any atom is -0.484 e. The van der Waals surface area contributed by atoms with Crippen molar-refractivity contribution in [1.29, 1.82) is 0 Å². The lowest BCUT2D eigenvalue weighted by Crippen LogP contribution is -2.51. The Labute approximate surface area is 174 Å². The van der Waals surface area contributed by atoms with Gasteiger partial charge in [-0.1, -0.05) is 28.1 Å². The summed E-state index contributed by atoms with van der Waals surface area (Å²) in [5.74, 6) is 0.519. The SMILES string of the molecule is Cc1ccc(OCC(=O)N2CCN(S(=O)(=O)c3cccc(Br)c3)CC2)cc1C. The number of carbonyl (C=O) groups excluding carboxylic acids is 1. The summed E-state index contributed by atoms with van der Waals surface area (Å²) in [6.45, 7) is 5.20. The second-order valence-electron chi connectivity index (χ2n) is 6.78. The zero-order valence-corrected chi connectivity index (χ0v) is 18.3. The molecule has 1 aliphatic rings. The fraction of sp³-hybridized carbons (Fsp3) is 0.350. The summed E-state index contributed by atoms with van der Waals surface area (Å²) in [4.78, 5) is 14.3. The van der Waals surface area contributed by atoms with Gasteiger partial charge in [-0.15, -0.1) is 0 Å². The van der Waals surface area contributed by atoms with E-state index >= 15 is 0 Å². The summed E-state index contributed by atoms with van der Waals surface area (Å²) in [7, 11) is -3.56. The van der Waals surface area contributed by atoms with E-state index in [4.69, 9.17) is 4.74 Å². The van der Waals surface area contributed by atoms with Crippen molar-refractivity contribution in [3.63, 3.8) is 0 Å². The third-order valence-electron chi connectivity index (χ3n) is 4.87. The van der Waals surface area contributed by atoms with Crippen molar-refractivity contribution in [2.75, 3.05) is 32.8 Å². The highest BCUT2D eigenvalue weighted by Crippen LogP contribution is 2.21. The molecule has 6 nitrogen and oxygen atoms in total. The quantitative estimate of drug-likeness (QED) is 0.679. The van der Waals surface area contributed by atoms with Gasteiger partial charge >= 0.3 is 0 Å². The van der Waals surface area contributed by atoms with Crippen LogP contribution in [0.15, 0.2) is 51.8 Å². The lowest BCUT2D eigenvalue weighted by Gasteiger charge is -2.34. The van der Waals surface area contributed by atoms with Gasteiger partial charge in [0.2, 0.25) is 10.0 Å². The van der Waals surface area contributed by atoms with Crippen molar-refractivity contribution >= 4 is 31.9 Å². The lowest BCUT2D eigenvalue weighted by molar-refractivity contribution is -0.134. The van der Waals surface area contributed by atoms with E-state index in [0.717, 1.165) is 5.56 Å². The lowest BCUT2D eigenvalue weighted by atomic mass is 10.1. The highest BCUT2D eigenvalue weighted by Gasteiger charge is 2.30. The molecule has 0 radical (unpaired) electrons. The van der Waals surface area contributed by atoms with Gasteiger partial charge in [0, 0.05) is 30.7 Å². The zero-order chi connectivity index (χ0) is 20.3. The van der Waals surface area contributed by atoms with E-state index < -0.39 is 10.0 Å². The number of hydrogen-bond acceptors (Lipinski definition) is 4. The highest BCUT2D eigenvalue weighted by molar-refractivity contribution is 9.10. The predicted molar refractivity (Wildman–Crippen MR) is 111 cm³/mol. The molecule has 3 rings (SSSR count). The van der Waals surface area contributed by atoms with Crippen molar-refractivity contribution < 1.29 is 17.9 Å². The first-order valence-electron chi connectivity index (χ1n) is 9.01. The standard InChI is InChI=1S/C20H23BrN2O4S/c1-15-6-7-18(12-16(15)2)27-14-20(24)22-8-10-23(11-9-22)28(25,26)19-5-3-4-17(21)13-19/h3-7,12-13H,8-11,14H2,1-2H3. The molecule has 0 spiro atoms. The molecular formula is C20H23BrN2O4S. The molecule has 0 aromatic heterocycles. The van der Waals surface area contributed by atoms with Gasteiger partial charge in [0.25, 0.3) is 5.91 Å². The van der Waals surface area contributed by atoms with E-state index in [2.05, 4.69) is 15.9 Å². The van der Waals surface area contributed by atoms with Gasteiger partial charge in [-0.3, -0.25) is 4.79 Å². The molecule has 2 aromatic carbocycles. The fourth-order valence-electron chi connectivity index (χ4n) is 2.99. The van der Waals surface area contributed by atoms with Crippen LogP contribution in [0.25, 0.3) is 0 Å². The normalized spacial score (nSPS) is 15.5. The largest absolute Gasteiger partial charge is 0.484 e. The van der Waals surface area contributed by atoms with Gasteiger partial charge in [0.15, 0.2) is 6.61 Å². The highest BCUT2D eigenvalue weighted by atomic mass is 79.9. The third kappa shape index (κ3) is 4.74. The van der Waals surface area contributed by atoms with Gasteiger partial charge in [0.05, 0.1) is 4.90 Å². The summed E-state index contributed by atoms with van der Waals surface area (Å²) >= 11 is 3.30. The second-order valence-corrected chi connectivity index (χ2v) is 9.63. The van der Waals surface area contributed by atoms with Gasteiger partial charge < -0.3 is 9.64 Å². The topological polar surface area (TPSA) is 66.9 Å². The molecule has 0 saturated carbocycles. The minimum absolute atomic E-state index is 0.0547. The first-order chi connectivity index (χ1) is 13.3. The Balaban J connectivity index is 1.55. The van der Waals surface area contributed by atoms with Crippen molar-refractivity contribution in [1.82, 2.24) is 9.21 Å². The number of halogens is 1. The maximum atomic E-state index is 12.8. The Hall–Kier alpha value is -1.90. The first-order valence-corrected chi connectivity index (χ1v) is 11.2. The number of hydrogen-bond donors (Lipinski definition) is 0. The van der Waals surface area contributed by atoms with Crippen LogP contribution in [0.2, 0.25) is 0 Å². The van der Waals surface area contributed by atoms with Crippen LogP contribution in [0.1, 0.15) is 11.1 Å². The predicted octanol–water partition coefficient (Wildman–Crippen LogP) is 2.98. The Morgan fingerprint density at radius 2 is 1.75 bits per heavy atom. The van der Waals surface area contributed by atoms with E-state index in [1.165, 1.54) is 9.87 Å². The molecule has 0 N–H and O–H groups in total. The Kier molecular flexibility index (Phi) is 6.42. The molecule has 1 saturated heterocycles. The van der Waals surface area contributed by atoms with E-state index in [9.17, 15) is 13.2 Å². The number of ether oxygens (including phenoxy) is 1. The van der Waals surface area contributed by atoms with Crippen LogP contribution in [0, 0.1) is 13.8 Å². The van der Waals surface area contributed by atoms with E-state index in [-0.39, 0.29) is 30.5 Å². The van der Waals surface area contributed by atoms with Crippen LogP contribution in [0.3, 0.4) is 0 Å². The number of rotatable bonds is 5. The molecule has 2 aromatic rings. The summed E-state index contributed by atoms with van der Waals surface area (Å²) in [5, 5.41) is 0. The van der Waals surface area contributed by atoms with Crippen LogP contribution >= 0.6 is 15.9 Å². The average Bonchev–Trinajstić information content (AvgIpc) is 2.68. The van der Waals surface area contributed by atoms with Crippen LogP contribution in [0.4, 0.5) is 0 Å². The number of aryl methyl sites for hydroxylation is 2. The Morgan fingerprint density at radius 1 is 1.04 bits per heavy atom. The maximum absolute atomic E-state index is 12.8. The Morgan fingerprint density at radius 3 is 2.39 bits per heavy atom. The molecule has 150 valence electrons. The van der Waals surface area contributed by atoms with Gasteiger partial charge in [-0.05, 0) is 55.3 Å². The van der Waals surface area contributed by atoms with Gasteiger partial charge in [-0.2, -0.15) is 4.31 Å². The average molecular weight is 467 g/mol.